The minimum Gasteiger partial charge on any atom is -0.367 e. The molecule has 0 spiro atoms. The van der Waals surface area contributed by atoms with Gasteiger partial charge in [-0.15, -0.1) is 0 Å². The second-order valence-corrected chi connectivity index (χ2v) is 12.8. The first-order chi connectivity index (χ1) is 18.0. The minimum absolute atomic E-state index is 0.0246. The predicted octanol–water partition coefficient (Wildman–Crippen LogP) is 3.37. The molecule has 0 radical (unpaired) electrons. The van der Waals surface area contributed by atoms with E-state index in [1.807, 2.05) is 18.4 Å². The van der Waals surface area contributed by atoms with Crippen molar-refractivity contribution >= 4 is 29.4 Å². The molecule has 37 heavy (non-hydrogen) atoms. The highest BCUT2D eigenvalue weighted by molar-refractivity contribution is 7.99. The summed E-state index contributed by atoms with van der Waals surface area (Å²) in [4.78, 5) is 44.3. The Hall–Kier alpha value is -1.90. The molecule has 1 N–H and O–H groups in total. The van der Waals surface area contributed by atoms with Crippen molar-refractivity contribution in [2.75, 3.05) is 32.5 Å². The molecular formula is C29H39N3O4S. The Morgan fingerprint density at radius 2 is 1.73 bits per heavy atom. The number of ether oxygens (including phenoxy) is 1. The number of Topliss-reactive ketones (excluding diaryl/α,β-unsaturated/α-hetero) is 1. The summed E-state index contributed by atoms with van der Waals surface area (Å²) >= 11 is 1.64. The maximum absolute atomic E-state index is 13.9. The number of carbonyl (C=O) groups excluding carboxylic acids is 3. The number of likely N-dealkylation sites (tertiary alicyclic amines) is 2. The molecule has 2 aliphatic carbocycles. The van der Waals surface area contributed by atoms with E-state index < -0.39 is 11.6 Å². The minimum atomic E-state index is -0.940. The largest absolute Gasteiger partial charge is 0.367 e. The zero-order chi connectivity index (χ0) is 25.6. The van der Waals surface area contributed by atoms with Gasteiger partial charge < -0.3 is 19.9 Å². The number of hydrogen-bond acceptors (Lipinski definition) is 6. The van der Waals surface area contributed by atoms with Gasteiger partial charge in [-0.3, -0.25) is 14.4 Å². The summed E-state index contributed by atoms with van der Waals surface area (Å²) in [5.74, 6) is 0.213. The Bertz CT molecular complexity index is 1030. The van der Waals surface area contributed by atoms with Gasteiger partial charge in [0, 0.05) is 18.2 Å². The van der Waals surface area contributed by atoms with Crippen LogP contribution in [0.3, 0.4) is 0 Å². The molecule has 3 heterocycles. The van der Waals surface area contributed by atoms with E-state index in [0.717, 1.165) is 18.9 Å². The smallest absolute Gasteiger partial charge is 0.252 e. The van der Waals surface area contributed by atoms with Crippen molar-refractivity contribution in [1.82, 2.24) is 15.1 Å². The topological polar surface area (TPSA) is 79.0 Å². The highest BCUT2D eigenvalue weighted by Crippen LogP contribution is 2.39. The molecular weight excluding hydrogens is 486 g/mol. The fourth-order valence-electron chi connectivity index (χ4n) is 7.22. The number of rotatable bonds is 6. The Morgan fingerprint density at radius 3 is 2.35 bits per heavy atom. The molecule has 3 aliphatic heterocycles. The van der Waals surface area contributed by atoms with Crippen LogP contribution in [0.1, 0.15) is 79.6 Å². The van der Waals surface area contributed by atoms with Crippen LogP contribution < -0.4 is 5.32 Å². The lowest BCUT2D eigenvalue weighted by Crippen LogP contribution is -2.60. The van der Waals surface area contributed by atoms with Gasteiger partial charge in [-0.2, -0.15) is 11.8 Å². The van der Waals surface area contributed by atoms with E-state index in [4.69, 9.17) is 4.74 Å². The van der Waals surface area contributed by atoms with Gasteiger partial charge in [0.1, 0.15) is 18.2 Å². The second kappa shape index (κ2) is 10.3. The molecule has 0 aromatic heterocycles. The average molecular weight is 526 g/mol. The standard InChI is InChI=1S/C29H39N3O4S/c1-37-24-17-32(25-23(33)18-36-26(24)25)28(35)29(13-2-3-14-29)30-27(34)21-9-7-19(8-10-21)20-11-15-31(16-12-20)22-5-4-6-22/h7-10,20,22,24-26H,2-6,11-18H2,1H3,(H,30,34)/t24-,25+,26+/m0/s1. The molecule has 3 saturated heterocycles. The Balaban J connectivity index is 1.12. The lowest BCUT2D eigenvalue weighted by Gasteiger charge is -2.42. The van der Waals surface area contributed by atoms with Gasteiger partial charge >= 0.3 is 0 Å². The van der Waals surface area contributed by atoms with Crippen molar-refractivity contribution in [2.45, 2.75) is 92.7 Å². The maximum atomic E-state index is 13.9. The van der Waals surface area contributed by atoms with Gasteiger partial charge in [0.05, 0.1) is 11.4 Å². The fourth-order valence-corrected chi connectivity index (χ4v) is 8.03. The van der Waals surface area contributed by atoms with Gasteiger partial charge in [0.2, 0.25) is 5.91 Å². The Labute approximate surface area is 224 Å². The van der Waals surface area contributed by atoms with Gasteiger partial charge in [-0.25, -0.2) is 0 Å². The number of hydrogen-bond donors (Lipinski definition) is 1. The Morgan fingerprint density at radius 1 is 1.03 bits per heavy atom. The molecule has 2 saturated carbocycles. The summed E-state index contributed by atoms with van der Waals surface area (Å²) in [6, 6.07) is 8.33. The molecule has 5 fully saturated rings. The van der Waals surface area contributed by atoms with Crippen molar-refractivity contribution in [1.29, 1.82) is 0 Å². The van der Waals surface area contributed by atoms with Crippen molar-refractivity contribution in [3.05, 3.63) is 35.4 Å². The van der Waals surface area contributed by atoms with E-state index >= 15 is 0 Å². The second-order valence-electron chi connectivity index (χ2n) is 11.7. The lowest BCUT2D eigenvalue weighted by atomic mass is 9.85. The molecule has 2 amide bonds. The number of thioether (sulfide) groups is 1. The molecule has 200 valence electrons. The summed E-state index contributed by atoms with van der Waals surface area (Å²) in [7, 11) is 0. The van der Waals surface area contributed by atoms with Gasteiger partial charge in [-0.1, -0.05) is 31.4 Å². The van der Waals surface area contributed by atoms with Crippen LogP contribution in [0.5, 0.6) is 0 Å². The number of nitrogens with zero attached hydrogens (tertiary/aromatic N) is 2. The number of carbonyl (C=O) groups is 3. The molecule has 0 bridgehead atoms. The average Bonchev–Trinajstić information content (AvgIpc) is 3.61. The van der Waals surface area contributed by atoms with E-state index in [1.165, 1.54) is 50.8 Å². The van der Waals surface area contributed by atoms with Gasteiger partial charge in [0.25, 0.3) is 5.91 Å². The van der Waals surface area contributed by atoms with Crippen LogP contribution in [0.15, 0.2) is 24.3 Å². The number of nitrogens with one attached hydrogen (secondary N) is 1. The van der Waals surface area contributed by atoms with Gasteiger partial charge in [-0.05, 0) is 81.5 Å². The van der Waals surface area contributed by atoms with Crippen molar-refractivity contribution in [3.63, 3.8) is 0 Å². The molecule has 5 aliphatic rings. The van der Waals surface area contributed by atoms with E-state index in [1.54, 1.807) is 16.7 Å². The molecule has 3 atom stereocenters. The van der Waals surface area contributed by atoms with Gasteiger partial charge in [0.15, 0.2) is 5.78 Å². The predicted molar refractivity (Wildman–Crippen MR) is 144 cm³/mol. The molecule has 1 aromatic carbocycles. The summed E-state index contributed by atoms with van der Waals surface area (Å²) in [5, 5.41) is 3.23. The first-order valence-corrected chi connectivity index (χ1v) is 15.4. The lowest BCUT2D eigenvalue weighted by molar-refractivity contribution is -0.141. The zero-order valence-corrected chi connectivity index (χ0v) is 22.6. The summed E-state index contributed by atoms with van der Waals surface area (Å²) in [6.07, 6.45) is 11.2. The van der Waals surface area contributed by atoms with Crippen LogP contribution in [0.4, 0.5) is 0 Å². The summed E-state index contributed by atoms with van der Waals surface area (Å²) < 4.78 is 5.75. The van der Waals surface area contributed by atoms with E-state index in [2.05, 4.69) is 22.3 Å². The number of ketones is 1. The van der Waals surface area contributed by atoms with Crippen LogP contribution in [0.25, 0.3) is 0 Å². The van der Waals surface area contributed by atoms with Crippen LogP contribution >= 0.6 is 11.8 Å². The monoisotopic (exact) mass is 525 g/mol. The molecule has 7 nitrogen and oxygen atoms in total. The van der Waals surface area contributed by atoms with Crippen LogP contribution in [-0.2, 0) is 14.3 Å². The molecule has 1 aromatic rings. The Kier molecular flexibility index (Phi) is 7.10. The number of piperidine rings is 1. The third-order valence-electron chi connectivity index (χ3n) is 9.69. The highest BCUT2D eigenvalue weighted by Gasteiger charge is 2.56. The van der Waals surface area contributed by atoms with Crippen molar-refractivity contribution in [3.8, 4) is 0 Å². The highest BCUT2D eigenvalue weighted by atomic mass is 32.2. The first kappa shape index (κ1) is 25.4. The SMILES string of the molecule is CS[C@H]1CN(C(=O)C2(NC(=O)c3ccc(C4CCN(C5CCC5)CC4)cc3)CCCC2)[C@@H]2C(=O)CO[C@H]12. The van der Waals surface area contributed by atoms with Crippen molar-refractivity contribution < 1.29 is 19.1 Å². The van der Waals surface area contributed by atoms with Crippen LogP contribution in [0, 0.1) is 0 Å². The zero-order valence-electron chi connectivity index (χ0n) is 21.8. The first-order valence-electron chi connectivity index (χ1n) is 14.1. The van der Waals surface area contributed by atoms with Crippen LogP contribution in [-0.4, -0.2) is 88.9 Å². The fraction of sp³-hybridized carbons (Fsp3) is 0.690. The molecule has 0 unspecified atom stereocenters. The molecule has 6 rings (SSSR count). The third-order valence-corrected chi connectivity index (χ3v) is 10.7. The maximum Gasteiger partial charge on any atom is 0.252 e. The summed E-state index contributed by atoms with van der Waals surface area (Å²) in [6.45, 7) is 2.91. The number of benzene rings is 1. The van der Waals surface area contributed by atoms with E-state index in [9.17, 15) is 14.4 Å². The number of fused-ring (bicyclic) bond motifs is 1. The third kappa shape index (κ3) is 4.63. The van der Waals surface area contributed by atoms with Crippen molar-refractivity contribution in [2.24, 2.45) is 0 Å². The summed E-state index contributed by atoms with van der Waals surface area (Å²) in [5.41, 5.74) is 0.962. The van der Waals surface area contributed by atoms with Crippen LogP contribution in [0.2, 0.25) is 0 Å². The van der Waals surface area contributed by atoms with E-state index in [-0.39, 0.29) is 35.6 Å². The molecule has 8 heteroatoms. The number of amides is 2. The van der Waals surface area contributed by atoms with E-state index in [0.29, 0.717) is 30.9 Å². The normalized spacial score (nSPS) is 30.4. The quantitative estimate of drug-likeness (QED) is 0.614.